The third kappa shape index (κ3) is 3.65. The van der Waals surface area contributed by atoms with E-state index in [0.717, 1.165) is 22.0 Å². The lowest BCUT2D eigenvalue weighted by molar-refractivity contribution is 0.268. The molecule has 0 radical (unpaired) electrons. The second-order valence-corrected chi connectivity index (χ2v) is 6.92. The second-order valence-electron chi connectivity index (χ2n) is 4.59. The molecule has 1 aliphatic heterocycles. The van der Waals surface area contributed by atoms with Gasteiger partial charge in [0.05, 0.1) is 7.11 Å². The molecule has 1 fully saturated rings. The molecule has 18 heavy (non-hydrogen) atoms. The van der Waals surface area contributed by atoms with Crippen LogP contribution in [0.3, 0.4) is 0 Å². The second kappa shape index (κ2) is 6.83. The Morgan fingerprint density at radius 3 is 3.06 bits per heavy atom. The molecule has 1 saturated heterocycles. The van der Waals surface area contributed by atoms with Gasteiger partial charge in [0.1, 0.15) is 5.75 Å². The zero-order valence-corrected chi connectivity index (χ0v) is 13.4. The average Bonchev–Trinajstić information content (AvgIpc) is 2.39. The van der Waals surface area contributed by atoms with Crippen molar-refractivity contribution < 1.29 is 4.74 Å². The molecule has 0 aliphatic carbocycles. The molecular weight excluding hydrogens is 310 g/mol. The van der Waals surface area contributed by atoms with Gasteiger partial charge in [0, 0.05) is 40.7 Å². The number of rotatable bonds is 4. The number of hydrogen-bond donors (Lipinski definition) is 0. The van der Waals surface area contributed by atoms with Gasteiger partial charge in [-0.05, 0) is 24.6 Å². The highest BCUT2D eigenvalue weighted by molar-refractivity contribution is 9.10. The van der Waals surface area contributed by atoms with E-state index in [-0.39, 0.29) is 0 Å². The maximum atomic E-state index is 5.44. The van der Waals surface area contributed by atoms with Gasteiger partial charge < -0.3 is 4.74 Å². The minimum atomic E-state index is 0.789. The van der Waals surface area contributed by atoms with Gasteiger partial charge in [0.25, 0.3) is 0 Å². The Morgan fingerprint density at radius 2 is 2.33 bits per heavy atom. The zero-order valence-electron chi connectivity index (χ0n) is 11.0. The van der Waals surface area contributed by atoms with Gasteiger partial charge in [-0.25, -0.2) is 0 Å². The third-order valence-corrected chi connectivity index (χ3v) is 5.18. The van der Waals surface area contributed by atoms with Crippen LogP contribution in [0.5, 0.6) is 5.75 Å². The first-order valence-electron chi connectivity index (χ1n) is 6.39. The summed E-state index contributed by atoms with van der Waals surface area (Å²) in [6.45, 7) is 5.63. The van der Waals surface area contributed by atoms with Gasteiger partial charge in [0.2, 0.25) is 0 Å². The summed E-state index contributed by atoms with van der Waals surface area (Å²) in [7, 11) is 1.74. The maximum absolute atomic E-state index is 5.44. The number of halogens is 1. The third-order valence-electron chi connectivity index (χ3n) is 3.31. The lowest BCUT2D eigenvalue weighted by Gasteiger charge is -2.32. The number of benzene rings is 1. The lowest BCUT2D eigenvalue weighted by Crippen LogP contribution is -2.37. The molecule has 2 rings (SSSR count). The van der Waals surface area contributed by atoms with Crippen molar-refractivity contribution >= 4 is 27.7 Å². The molecule has 1 aromatic rings. The predicted molar refractivity (Wildman–Crippen MR) is 82.5 cm³/mol. The molecule has 0 amide bonds. The van der Waals surface area contributed by atoms with Gasteiger partial charge in [-0.1, -0.05) is 22.9 Å². The van der Waals surface area contributed by atoms with Crippen molar-refractivity contribution in [3.8, 4) is 5.75 Å². The van der Waals surface area contributed by atoms with E-state index in [1.165, 1.54) is 30.8 Å². The fourth-order valence-electron chi connectivity index (χ4n) is 2.28. The van der Waals surface area contributed by atoms with E-state index in [1.54, 1.807) is 7.11 Å². The van der Waals surface area contributed by atoms with Gasteiger partial charge >= 0.3 is 0 Å². The maximum Gasteiger partial charge on any atom is 0.123 e. The topological polar surface area (TPSA) is 12.5 Å². The molecule has 0 bridgehead atoms. The van der Waals surface area contributed by atoms with Crippen LogP contribution in [0, 0.1) is 0 Å². The Morgan fingerprint density at radius 1 is 1.50 bits per heavy atom. The van der Waals surface area contributed by atoms with Gasteiger partial charge in [-0.3, -0.25) is 4.90 Å². The Labute approximate surface area is 122 Å². The Bertz CT molecular complexity index is 399. The van der Waals surface area contributed by atoms with Crippen molar-refractivity contribution in [1.29, 1.82) is 0 Å². The summed E-state index contributed by atoms with van der Waals surface area (Å²) < 4.78 is 6.56. The molecule has 2 nitrogen and oxygen atoms in total. The average molecular weight is 330 g/mol. The molecule has 1 atom stereocenters. The van der Waals surface area contributed by atoms with E-state index in [0.29, 0.717) is 0 Å². The molecular formula is C14H20BrNOS. The van der Waals surface area contributed by atoms with Crippen molar-refractivity contribution in [2.45, 2.75) is 25.1 Å². The van der Waals surface area contributed by atoms with Crippen LogP contribution < -0.4 is 4.74 Å². The number of ether oxygens (including phenoxy) is 1. The first kappa shape index (κ1) is 14.2. The fourth-order valence-corrected chi connectivity index (χ4v) is 3.94. The molecule has 0 spiro atoms. The van der Waals surface area contributed by atoms with Crippen LogP contribution in [0.1, 0.15) is 18.9 Å². The molecule has 0 aromatic heterocycles. The van der Waals surface area contributed by atoms with Crippen molar-refractivity contribution in [3.63, 3.8) is 0 Å². The Balaban J connectivity index is 2.06. The number of hydrogen-bond acceptors (Lipinski definition) is 3. The normalized spacial score (nSPS) is 20.9. The quantitative estimate of drug-likeness (QED) is 0.833. The monoisotopic (exact) mass is 329 g/mol. The summed E-state index contributed by atoms with van der Waals surface area (Å²) >= 11 is 5.65. The van der Waals surface area contributed by atoms with Gasteiger partial charge in [-0.15, -0.1) is 0 Å². The standard InChI is InChI=1S/C14H20BrNOS/c1-3-13-10-16(6-7-18-13)9-11-8-12(15)4-5-14(11)17-2/h4-5,8,13H,3,6-7,9-10H2,1-2H3. The van der Waals surface area contributed by atoms with Crippen molar-refractivity contribution in [3.05, 3.63) is 28.2 Å². The lowest BCUT2D eigenvalue weighted by atomic mass is 10.1. The SMILES string of the molecule is CCC1CN(Cc2cc(Br)ccc2OC)CCS1. The molecule has 0 saturated carbocycles. The molecule has 1 heterocycles. The van der Waals surface area contributed by atoms with Crippen LogP contribution in [-0.2, 0) is 6.54 Å². The molecule has 100 valence electrons. The van der Waals surface area contributed by atoms with Crippen LogP contribution in [0.25, 0.3) is 0 Å². The molecule has 1 unspecified atom stereocenters. The smallest absolute Gasteiger partial charge is 0.123 e. The zero-order chi connectivity index (χ0) is 13.0. The summed E-state index contributed by atoms with van der Waals surface area (Å²) in [5, 5.41) is 0.789. The summed E-state index contributed by atoms with van der Waals surface area (Å²) in [5.74, 6) is 2.24. The van der Waals surface area contributed by atoms with E-state index in [1.807, 2.05) is 12.1 Å². The first-order chi connectivity index (χ1) is 8.72. The van der Waals surface area contributed by atoms with Crippen LogP contribution in [0.15, 0.2) is 22.7 Å². The summed E-state index contributed by atoms with van der Waals surface area (Å²) in [5.41, 5.74) is 1.27. The fraction of sp³-hybridized carbons (Fsp3) is 0.571. The van der Waals surface area contributed by atoms with Crippen LogP contribution in [-0.4, -0.2) is 36.1 Å². The molecule has 1 aromatic carbocycles. The summed E-state index contributed by atoms with van der Waals surface area (Å²) in [6.07, 6.45) is 1.26. The summed E-state index contributed by atoms with van der Waals surface area (Å²) in [4.78, 5) is 2.54. The highest BCUT2D eigenvalue weighted by atomic mass is 79.9. The molecule has 0 N–H and O–H groups in total. The van der Waals surface area contributed by atoms with Crippen LogP contribution in [0.2, 0.25) is 0 Å². The van der Waals surface area contributed by atoms with Crippen molar-refractivity contribution in [1.82, 2.24) is 4.90 Å². The van der Waals surface area contributed by atoms with Gasteiger partial charge in [-0.2, -0.15) is 11.8 Å². The highest BCUT2D eigenvalue weighted by Gasteiger charge is 2.19. The van der Waals surface area contributed by atoms with Gasteiger partial charge in [0.15, 0.2) is 0 Å². The summed E-state index contributed by atoms with van der Waals surface area (Å²) in [6, 6.07) is 6.24. The van der Waals surface area contributed by atoms with Crippen molar-refractivity contribution in [2.24, 2.45) is 0 Å². The van der Waals surface area contributed by atoms with E-state index in [4.69, 9.17) is 4.74 Å². The first-order valence-corrected chi connectivity index (χ1v) is 8.23. The number of nitrogens with zero attached hydrogens (tertiary/aromatic N) is 1. The predicted octanol–water partition coefficient (Wildman–Crippen LogP) is 3.79. The van der Waals surface area contributed by atoms with E-state index < -0.39 is 0 Å². The minimum absolute atomic E-state index is 0.789. The minimum Gasteiger partial charge on any atom is -0.496 e. The molecule has 1 aliphatic rings. The number of thioether (sulfide) groups is 1. The van der Waals surface area contributed by atoms with E-state index in [2.05, 4.69) is 45.6 Å². The Kier molecular flexibility index (Phi) is 5.39. The number of methoxy groups -OCH3 is 1. The van der Waals surface area contributed by atoms with Crippen molar-refractivity contribution in [2.75, 3.05) is 26.0 Å². The van der Waals surface area contributed by atoms with E-state index >= 15 is 0 Å². The Hall–Kier alpha value is -0.190. The molecule has 4 heteroatoms. The van der Waals surface area contributed by atoms with Crippen LogP contribution in [0.4, 0.5) is 0 Å². The largest absolute Gasteiger partial charge is 0.496 e. The van der Waals surface area contributed by atoms with E-state index in [9.17, 15) is 0 Å². The highest BCUT2D eigenvalue weighted by Crippen LogP contribution is 2.27. The van der Waals surface area contributed by atoms with Crippen LogP contribution >= 0.6 is 27.7 Å².